The van der Waals surface area contributed by atoms with Crippen molar-refractivity contribution >= 4 is 57.1 Å². The third kappa shape index (κ3) is 5.79. The molecule has 0 saturated carbocycles. The minimum Gasteiger partial charge on any atom is -0.506 e. The molecule has 0 bridgehead atoms. The van der Waals surface area contributed by atoms with Crippen molar-refractivity contribution in [2.24, 2.45) is 33.7 Å². The van der Waals surface area contributed by atoms with Crippen molar-refractivity contribution in [1.82, 2.24) is 9.97 Å². The first-order valence-electron chi connectivity index (χ1n) is 15.7. The van der Waals surface area contributed by atoms with Gasteiger partial charge in [0, 0.05) is 37.0 Å². The molecule has 0 spiro atoms. The van der Waals surface area contributed by atoms with Crippen LogP contribution >= 0.6 is 0 Å². The van der Waals surface area contributed by atoms with Crippen LogP contribution in [0.25, 0.3) is 22.2 Å². The molecular formula is C35H44N6O3. The number of carbonyl (C=O) groups excluding carboxylic acids is 2. The van der Waals surface area contributed by atoms with E-state index in [1.54, 1.807) is 18.5 Å². The summed E-state index contributed by atoms with van der Waals surface area (Å²) in [6, 6.07) is 7.45. The molecule has 9 heteroatoms. The number of benzene rings is 2. The Morgan fingerprint density at radius 1 is 0.750 bits per heavy atom. The largest absolute Gasteiger partial charge is 0.506 e. The van der Waals surface area contributed by atoms with E-state index in [1.807, 2.05) is 12.1 Å². The summed E-state index contributed by atoms with van der Waals surface area (Å²) in [7, 11) is 0. The summed E-state index contributed by atoms with van der Waals surface area (Å²) in [6.45, 7) is 20.8. The van der Waals surface area contributed by atoms with E-state index >= 15 is 0 Å². The monoisotopic (exact) mass is 596 g/mol. The molecule has 0 saturated heterocycles. The number of hydrogen-bond donors (Lipinski definition) is 2. The molecular weight excluding hydrogens is 552 g/mol. The van der Waals surface area contributed by atoms with Crippen LogP contribution in [0, 0.1) is 23.7 Å². The number of ketones is 2. The van der Waals surface area contributed by atoms with E-state index in [2.05, 4.69) is 85.1 Å². The van der Waals surface area contributed by atoms with Gasteiger partial charge in [-0.25, -0.2) is 15.0 Å². The molecule has 0 fully saturated rings. The van der Waals surface area contributed by atoms with Gasteiger partial charge in [-0.1, -0.05) is 55.4 Å². The predicted molar refractivity (Wildman–Crippen MR) is 178 cm³/mol. The molecule has 3 aromatic rings. The van der Waals surface area contributed by atoms with Gasteiger partial charge in [0.05, 0.1) is 39.9 Å². The van der Waals surface area contributed by atoms with Crippen molar-refractivity contribution < 1.29 is 14.7 Å². The van der Waals surface area contributed by atoms with Crippen molar-refractivity contribution in [3.05, 3.63) is 52.5 Å². The van der Waals surface area contributed by atoms with E-state index < -0.39 is 11.6 Å². The van der Waals surface area contributed by atoms with Crippen molar-refractivity contribution in [3.63, 3.8) is 0 Å². The average molecular weight is 597 g/mol. The zero-order valence-electron chi connectivity index (χ0n) is 27.1. The Hall–Kier alpha value is -4.27. The number of nitrogens with one attached hydrogen (secondary N) is 1. The lowest BCUT2D eigenvalue weighted by atomic mass is 10.0. The Morgan fingerprint density at radius 2 is 1.30 bits per heavy atom. The molecule has 9 nitrogen and oxygen atoms in total. The molecule has 2 heterocycles. The number of aliphatic hydroxyl groups is 1. The number of rotatable bonds is 11. The second-order valence-corrected chi connectivity index (χ2v) is 13.6. The van der Waals surface area contributed by atoms with Crippen LogP contribution in [0.4, 0.5) is 17.1 Å². The van der Waals surface area contributed by atoms with E-state index in [0.717, 1.165) is 43.1 Å². The Bertz CT molecular complexity index is 1770. The number of aromatic amines is 1. The number of imidazole rings is 1. The highest BCUT2D eigenvalue weighted by Crippen LogP contribution is 2.38. The quantitative estimate of drug-likeness (QED) is 0.288. The van der Waals surface area contributed by atoms with Crippen LogP contribution in [0.3, 0.4) is 0 Å². The van der Waals surface area contributed by atoms with Crippen LogP contribution in [-0.2, 0) is 9.59 Å². The summed E-state index contributed by atoms with van der Waals surface area (Å²) in [5, 5.41) is 12.5. The summed E-state index contributed by atoms with van der Waals surface area (Å²) in [5.74, 6) is -0.130. The van der Waals surface area contributed by atoms with Crippen molar-refractivity contribution in [3.8, 4) is 0 Å². The van der Waals surface area contributed by atoms with Gasteiger partial charge >= 0.3 is 0 Å². The van der Waals surface area contributed by atoms with Gasteiger partial charge in [0.2, 0.25) is 11.6 Å². The fourth-order valence-corrected chi connectivity index (χ4v) is 6.28. The number of anilines is 2. The number of aromatic nitrogens is 2. The average Bonchev–Trinajstić information content (AvgIpc) is 3.66. The zero-order valence-corrected chi connectivity index (χ0v) is 27.1. The van der Waals surface area contributed by atoms with Crippen LogP contribution in [0.2, 0.25) is 0 Å². The minimum absolute atomic E-state index is 0.0362. The molecule has 1 aliphatic heterocycles. The van der Waals surface area contributed by atoms with Gasteiger partial charge in [0.15, 0.2) is 0 Å². The number of nitrogens with zero attached hydrogens (tertiary/aromatic N) is 5. The first-order chi connectivity index (χ1) is 20.9. The predicted octanol–water partition coefficient (Wildman–Crippen LogP) is 5.36. The van der Waals surface area contributed by atoms with Crippen LogP contribution in [0.5, 0.6) is 0 Å². The topological polar surface area (TPSA) is 114 Å². The smallest absolute Gasteiger partial charge is 0.238 e. The maximum atomic E-state index is 13.6. The molecule has 0 amide bonds. The highest BCUT2D eigenvalue weighted by Gasteiger charge is 2.39. The van der Waals surface area contributed by atoms with Gasteiger partial charge in [-0.05, 0) is 47.9 Å². The number of aliphatic imine (C=N–C) groups is 1. The van der Waals surface area contributed by atoms with Gasteiger partial charge in [-0.2, -0.15) is 0 Å². The molecule has 0 unspecified atom stereocenters. The summed E-state index contributed by atoms with van der Waals surface area (Å²) < 4.78 is 0. The molecule has 0 radical (unpaired) electrons. The Balaban J connectivity index is 1.67. The van der Waals surface area contributed by atoms with Gasteiger partial charge in [0.1, 0.15) is 23.1 Å². The summed E-state index contributed by atoms with van der Waals surface area (Å²) in [5.41, 5.74) is 4.18. The number of fused-ring (bicyclic) bond motifs is 2. The molecule has 1 aliphatic carbocycles. The van der Waals surface area contributed by atoms with E-state index in [4.69, 9.17) is 0 Å². The highest BCUT2D eigenvalue weighted by atomic mass is 16.3. The van der Waals surface area contributed by atoms with Crippen molar-refractivity contribution in [2.45, 2.75) is 55.4 Å². The van der Waals surface area contributed by atoms with Gasteiger partial charge in [0.25, 0.3) is 0 Å². The van der Waals surface area contributed by atoms with Crippen LogP contribution < -0.4 is 20.4 Å². The molecule has 5 rings (SSSR count). The normalized spacial score (nSPS) is 16.0. The lowest BCUT2D eigenvalue weighted by Gasteiger charge is -2.29. The molecule has 1 aromatic heterocycles. The van der Waals surface area contributed by atoms with Crippen LogP contribution in [-0.4, -0.2) is 59.2 Å². The molecule has 2 N–H and O–H groups in total. The highest BCUT2D eigenvalue weighted by molar-refractivity contribution is 6.70. The number of H-pyrrole nitrogens is 1. The maximum absolute atomic E-state index is 13.6. The molecule has 44 heavy (non-hydrogen) atoms. The van der Waals surface area contributed by atoms with Crippen molar-refractivity contribution in [2.75, 3.05) is 36.0 Å². The van der Waals surface area contributed by atoms with Gasteiger partial charge in [-0.15, -0.1) is 0 Å². The number of aliphatic hydroxyl groups excluding tert-OH is 1. The van der Waals surface area contributed by atoms with E-state index in [0.29, 0.717) is 51.0 Å². The first-order valence-corrected chi connectivity index (χ1v) is 15.7. The Kier molecular flexibility index (Phi) is 8.77. The maximum Gasteiger partial charge on any atom is 0.238 e. The second-order valence-electron chi connectivity index (χ2n) is 13.6. The van der Waals surface area contributed by atoms with E-state index in [1.165, 1.54) is 6.34 Å². The third-order valence-electron chi connectivity index (χ3n) is 7.76. The number of carbonyl (C=O) groups is 2. The Labute approximate surface area is 259 Å². The SMILES string of the molecule is CC(C)CN(CC(C)C)c1cc/c(=C2/C(=O)C(=O)C(c3ccc(N(CC(C)C)CC(C)C)c4[nH]cnc34)=C2O)c2c1N=CN=2. The number of allylic oxidation sites excluding steroid dienone is 2. The first kappa shape index (κ1) is 31.2. The summed E-state index contributed by atoms with van der Waals surface area (Å²) >= 11 is 0. The minimum atomic E-state index is -0.759. The lowest BCUT2D eigenvalue weighted by molar-refractivity contribution is -0.129. The fourth-order valence-electron chi connectivity index (χ4n) is 6.28. The van der Waals surface area contributed by atoms with Gasteiger partial charge < -0.3 is 19.9 Å². The second kappa shape index (κ2) is 12.4. The van der Waals surface area contributed by atoms with Crippen LogP contribution in [0.1, 0.15) is 61.0 Å². The van der Waals surface area contributed by atoms with Crippen LogP contribution in [0.15, 0.2) is 46.3 Å². The zero-order chi connectivity index (χ0) is 31.9. The molecule has 2 aromatic carbocycles. The van der Waals surface area contributed by atoms with E-state index in [9.17, 15) is 14.7 Å². The van der Waals surface area contributed by atoms with Crippen molar-refractivity contribution in [1.29, 1.82) is 0 Å². The lowest BCUT2D eigenvalue weighted by Crippen LogP contribution is -2.35. The Morgan fingerprint density at radius 3 is 1.89 bits per heavy atom. The molecule has 0 atom stereocenters. The number of Topliss-reactive ketones (excluding diaryl/α,β-unsaturated/α-hetero) is 2. The summed E-state index contributed by atoms with van der Waals surface area (Å²) in [4.78, 5) is 48.6. The van der Waals surface area contributed by atoms with E-state index in [-0.39, 0.29) is 16.9 Å². The van der Waals surface area contributed by atoms with Gasteiger partial charge in [-0.3, -0.25) is 9.59 Å². The third-order valence-corrected chi connectivity index (χ3v) is 7.76. The standard InChI is InChI=1S/C35H44N6O3/c1-19(2)13-40(14-20(3)4)25-11-9-23(29-31(25)38-17-36-29)27-33(42)28(35(44)34(27)43)24-10-12-26(32-30(24)37-18-39-32)41(15-21(5)6)16-22(7)8/h9-12,17-22,42H,13-16H2,1-8H3,(H,36,38)/b28-24-. The fraction of sp³-hybridized carbons (Fsp3) is 0.457. The molecule has 2 aliphatic rings. The number of hydrogen-bond acceptors (Lipinski definition) is 8. The molecule has 232 valence electrons. The summed E-state index contributed by atoms with van der Waals surface area (Å²) in [6.07, 6.45) is 3.06.